The summed E-state index contributed by atoms with van der Waals surface area (Å²) in [5.41, 5.74) is 5.44. The van der Waals surface area contributed by atoms with Gasteiger partial charge in [-0.25, -0.2) is 4.39 Å². The summed E-state index contributed by atoms with van der Waals surface area (Å²) in [5.74, 6) is -1.28. The molecule has 0 saturated heterocycles. The Labute approximate surface area is 138 Å². The standard InChI is InChI=1S/C17H17FN2O4/c1-10(17(22)20-14-6-4-3-5-13(14)18)24-15-9-11(23-2)7-8-12(15)16(19)21/h3-10H,1-2H3,(H2,19,21)(H,20,22). The summed E-state index contributed by atoms with van der Waals surface area (Å²) in [5, 5.41) is 2.42. The second-order valence-corrected chi connectivity index (χ2v) is 4.96. The van der Waals surface area contributed by atoms with Crippen molar-refractivity contribution >= 4 is 17.5 Å². The maximum atomic E-state index is 13.6. The lowest BCUT2D eigenvalue weighted by atomic mass is 10.1. The van der Waals surface area contributed by atoms with Gasteiger partial charge in [-0.2, -0.15) is 0 Å². The maximum Gasteiger partial charge on any atom is 0.265 e. The first-order valence-corrected chi connectivity index (χ1v) is 7.12. The summed E-state index contributed by atoms with van der Waals surface area (Å²) in [4.78, 5) is 23.6. The van der Waals surface area contributed by atoms with Crippen LogP contribution in [0.1, 0.15) is 17.3 Å². The number of hydrogen-bond acceptors (Lipinski definition) is 4. The third-order valence-corrected chi connectivity index (χ3v) is 3.26. The molecule has 0 heterocycles. The summed E-state index contributed by atoms with van der Waals surface area (Å²) < 4.78 is 24.1. The Morgan fingerprint density at radius 1 is 1.21 bits per heavy atom. The molecule has 1 atom stereocenters. The normalized spacial score (nSPS) is 11.5. The van der Waals surface area contributed by atoms with Gasteiger partial charge in [-0.05, 0) is 31.2 Å². The van der Waals surface area contributed by atoms with E-state index in [0.29, 0.717) is 5.75 Å². The molecule has 2 amide bonds. The van der Waals surface area contributed by atoms with E-state index in [1.807, 2.05) is 0 Å². The van der Waals surface area contributed by atoms with Crippen LogP contribution in [-0.2, 0) is 4.79 Å². The number of carbonyl (C=O) groups is 2. The fraction of sp³-hybridized carbons (Fsp3) is 0.176. The highest BCUT2D eigenvalue weighted by Crippen LogP contribution is 2.26. The molecule has 2 rings (SSSR count). The van der Waals surface area contributed by atoms with Crippen LogP contribution in [0.3, 0.4) is 0 Å². The third kappa shape index (κ3) is 4.01. The molecule has 6 nitrogen and oxygen atoms in total. The Kier molecular flexibility index (Phi) is 5.36. The minimum atomic E-state index is -0.991. The maximum absolute atomic E-state index is 13.6. The van der Waals surface area contributed by atoms with Gasteiger partial charge in [0, 0.05) is 6.07 Å². The second kappa shape index (κ2) is 7.45. The predicted octanol–water partition coefficient (Wildman–Crippen LogP) is 2.34. The Bertz CT molecular complexity index is 764. The Balaban J connectivity index is 2.16. The zero-order chi connectivity index (χ0) is 17.7. The van der Waals surface area contributed by atoms with Crippen LogP contribution in [0.4, 0.5) is 10.1 Å². The van der Waals surface area contributed by atoms with E-state index in [2.05, 4.69) is 5.32 Å². The summed E-state index contributed by atoms with van der Waals surface area (Å²) in [7, 11) is 1.46. The van der Waals surface area contributed by atoms with Crippen molar-refractivity contribution in [2.75, 3.05) is 12.4 Å². The number of nitrogens with one attached hydrogen (secondary N) is 1. The molecule has 1 unspecified atom stereocenters. The van der Waals surface area contributed by atoms with Gasteiger partial charge in [0.2, 0.25) is 0 Å². The lowest BCUT2D eigenvalue weighted by Crippen LogP contribution is -2.31. The number of nitrogens with two attached hydrogens (primary N) is 1. The summed E-state index contributed by atoms with van der Waals surface area (Å²) >= 11 is 0. The molecular weight excluding hydrogens is 315 g/mol. The number of methoxy groups -OCH3 is 1. The summed E-state index contributed by atoms with van der Waals surface area (Å²) in [6.07, 6.45) is -0.991. The van der Waals surface area contributed by atoms with Gasteiger partial charge >= 0.3 is 0 Å². The molecule has 0 bridgehead atoms. The van der Waals surface area contributed by atoms with Gasteiger partial charge in [0.05, 0.1) is 18.4 Å². The monoisotopic (exact) mass is 332 g/mol. The fourth-order valence-corrected chi connectivity index (χ4v) is 1.97. The van der Waals surface area contributed by atoms with Crippen molar-refractivity contribution in [3.05, 3.63) is 53.8 Å². The molecule has 0 spiro atoms. The molecule has 0 radical (unpaired) electrons. The van der Waals surface area contributed by atoms with E-state index < -0.39 is 23.7 Å². The van der Waals surface area contributed by atoms with E-state index in [4.69, 9.17) is 15.2 Å². The number of primary amides is 1. The first-order valence-electron chi connectivity index (χ1n) is 7.12. The minimum absolute atomic E-state index is 0.0405. The number of amides is 2. The topological polar surface area (TPSA) is 90.7 Å². The summed E-state index contributed by atoms with van der Waals surface area (Å²) in [6.45, 7) is 1.47. The van der Waals surface area contributed by atoms with Crippen molar-refractivity contribution in [2.45, 2.75) is 13.0 Å². The third-order valence-electron chi connectivity index (χ3n) is 3.26. The molecule has 0 fully saturated rings. The van der Waals surface area contributed by atoms with Crippen molar-refractivity contribution in [1.29, 1.82) is 0 Å². The number of hydrogen-bond donors (Lipinski definition) is 2. The van der Waals surface area contributed by atoms with Crippen molar-refractivity contribution in [1.82, 2.24) is 0 Å². The van der Waals surface area contributed by atoms with E-state index in [0.717, 1.165) is 0 Å². The SMILES string of the molecule is COc1ccc(C(N)=O)c(OC(C)C(=O)Nc2ccccc2F)c1. The van der Waals surface area contributed by atoms with E-state index in [1.54, 1.807) is 12.1 Å². The molecule has 2 aromatic carbocycles. The lowest BCUT2D eigenvalue weighted by molar-refractivity contribution is -0.122. The lowest BCUT2D eigenvalue weighted by Gasteiger charge is -2.17. The molecule has 2 aromatic rings. The number of halogens is 1. The average Bonchev–Trinajstić information content (AvgIpc) is 2.56. The first kappa shape index (κ1) is 17.3. The zero-order valence-electron chi connectivity index (χ0n) is 13.2. The highest BCUT2D eigenvalue weighted by molar-refractivity contribution is 5.97. The van der Waals surface area contributed by atoms with Gasteiger partial charge in [-0.3, -0.25) is 9.59 Å². The number of rotatable bonds is 6. The van der Waals surface area contributed by atoms with Crippen LogP contribution in [0, 0.1) is 5.82 Å². The zero-order valence-corrected chi connectivity index (χ0v) is 13.2. The molecule has 24 heavy (non-hydrogen) atoms. The largest absolute Gasteiger partial charge is 0.497 e. The van der Waals surface area contributed by atoms with Gasteiger partial charge in [0.1, 0.15) is 17.3 Å². The van der Waals surface area contributed by atoms with Crippen LogP contribution in [0.25, 0.3) is 0 Å². The van der Waals surface area contributed by atoms with Crippen LogP contribution in [0.2, 0.25) is 0 Å². The van der Waals surface area contributed by atoms with Crippen LogP contribution in [0.15, 0.2) is 42.5 Å². The molecule has 3 N–H and O–H groups in total. The number of carbonyl (C=O) groups excluding carboxylic acids is 2. The molecule has 0 aliphatic heterocycles. The first-order chi connectivity index (χ1) is 11.4. The van der Waals surface area contributed by atoms with Crippen LogP contribution >= 0.6 is 0 Å². The molecule has 126 valence electrons. The van der Waals surface area contributed by atoms with Crippen LogP contribution < -0.4 is 20.5 Å². The van der Waals surface area contributed by atoms with Crippen LogP contribution in [-0.4, -0.2) is 25.0 Å². The number of ether oxygens (including phenoxy) is 2. The Hall–Kier alpha value is -3.09. The van der Waals surface area contributed by atoms with Gasteiger partial charge in [-0.15, -0.1) is 0 Å². The van der Waals surface area contributed by atoms with Gasteiger partial charge in [-0.1, -0.05) is 12.1 Å². The van der Waals surface area contributed by atoms with Gasteiger partial charge in [0.15, 0.2) is 6.10 Å². The molecule has 0 aromatic heterocycles. The molecule has 0 aliphatic rings. The van der Waals surface area contributed by atoms with Crippen molar-refractivity contribution in [3.63, 3.8) is 0 Å². The van der Waals surface area contributed by atoms with Crippen molar-refractivity contribution in [2.24, 2.45) is 5.73 Å². The average molecular weight is 332 g/mol. The minimum Gasteiger partial charge on any atom is -0.497 e. The molecule has 7 heteroatoms. The highest BCUT2D eigenvalue weighted by Gasteiger charge is 2.19. The van der Waals surface area contributed by atoms with E-state index in [1.165, 1.54) is 44.4 Å². The van der Waals surface area contributed by atoms with Crippen molar-refractivity contribution < 1.29 is 23.5 Å². The summed E-state index contributed by atoms with van der Waals surface area (Å²) in [6, 6.07) is 10.2. The second-order valence-electron chi connectivity index (χ2n) is 4.96. The van der Waals surface area contributed by atoms with Crippen molar-refractivity contribution in [3.8, 4) is 11.5 Å². The molecule has 0 aliphatic carbocycles. The number of para-hydroxylation sites is 1. The molecule has 0 saturated carbocycles. The van der Waals surface area contributed by atoms with E-state index in [9.17, 15) is 14.0 Å². The molecular formula is C17H17FN2O4. The fourth-order valence-electron chi connectivity index (χ4n) is 1.97. The van der Waals surface area contributed by atoms with E-state index in [-0.39, 0.29) is 17.0 Å². The smallest absolute Gasteiger partial charge is 0.265 e. The highest BCUT2D eigenvalue weighted by atomic mass is 19.1. The van der Waals surface area contributed by atoms with E-state index >= 15 is 0 Å². The quantitative estimate of drug-likeness (QED) is 0.849. The Morgan fingerprint density at radius 3 is 2.54 bits per heavy atom. The number of benzene rings is 2. The predicted molar refractivity (Wildman–Crippen MR) is 86.6 cm³/mol. The van der Waals surface area contributed by atoms with Gasteiger partial charge < -0.3 is 20.5 Å². The number of anilines is 1. The van der Waals surface area contributed by atoms with Gasteiger partial charge in [0.25, 0.3) is 11.8 Å². The Morgan fingerprint density at radius 2 is 1.92 bits per heavy atom. The van der Waals surface area contributed by atoms with Crippen LogP contribution in [0.5, 0.6) is 11.5 Å².